The summed E-state index contributed by atoms with van der Waals surface area (Å²) < 4.78 is 0. The molecule has 0 bridgehead atoms. The van der Waals surface area contributed by atoms with Crippen molar-refractivity contribution in [1.82, 2.24) is 10.2 Å². The maximum absolute atomic E-state index is 3.78. The van der Waals surface area contributed by atoms with Crippen LogP contribution in [0.1, 0.15) is 51.9 Å². The molecule has 3 fully saturated rings. The van der Waals surface area contributed by atoms with Gasteiger partial charge in [-0.3, -0.25) is 0 Å². The molecule has 1 unspecified atom stereocenters. The number of rotatable bonds is 5. The molecular weight excluding hydrogens is 196 g/mol. The van der Waals surface area contributed by atoms with Crippen LogP contribution in [0.2, 0.25) is 0 Å². The van der Waals surface area contributed by atoms with E-state index >= 15 is 0 Å². The van der Waals surface area contributed by atoms with Gasteiger partial charge in [-0.25, -0.2) is 0 Å². The van der Waals surface area contributed by atoms with Gasteiger partial charge in [-0.15, -0.1) is 0 Å². The third kappa shape index (κ3) is 2.28. The Morgan fingerprint density at radius 1 is 1.19 bits per heavy atom. The fourth-order valence-electron chi connectivity index (χ4n) is 3.47. The first kappa shape index (κ1) is 11.0. The molecule has 3 aliphatic rings. The van der Waals surface area contributed by atoms with Crippen LogP contribution < -0.4 is 5.32 Å². The summed E-state index contributed by atoms with van der Waals surface area (Å²) in [6.45, 7) is 6.42. The first-order valence-corrected chi connectivity index (χ1v) is 7.28. The molecule has 2 nitrogen and oxygen atoms in total. The second kappa shape index (κ2) is 4.30. The van der Waals surface area contributed by atoms with Crippen LogP contribution in [0.3, 0.4) is 0 Å². The summed E-state index contributed by atoms with van der Waals surface area (Å²) in [5.74, 6) is 0. The predicted molar refractivity (Wildman–Crippen MR) is 67.6 cm³/mol. The lowest BCUT2D eigenvalue weighted by Gasteiger charge is -2.44. The van der Waals surface area contributed by atoms with Crippen LogP contribution >= 0.6 is 0 Å². The Hall–Kier alpha value is -0.0800. The van der Waals surface area contributed by atoms with Gasteiger partial charge in [-0.05, 0) is 50.5 Å². The Morgan fingerprint density at radius 3 is 2.56 bits per heavy atom. The molecule has 1 heterocycles. The Bertz CT molecular complexity index is 238. The van der Waals surface area contributed by atoms with E-state index in [4.69, 9.17) is 0 Å². The maximum atomic E-state index is 3.78. The van der Waals surface area contributed by atoms with E-state index in [1.54, 1.807) is 0 Å². The second-order valence-electron chi connectivity index (χ2n) is 6.37. The summed E-state index contributed by atoms with van der Waals surface area (Å²) in [4.78, 5) is 2.72. The largest absolute Gasteiger partial charge is 0.310 e. The van der Waals surface area contributed by atoms with Crippen LogP contribution in [-0.2, 0) is 0 Å². The van der Waals surface area contributed by atoms with Crippen molar-refractivity contribution in [1.29, 1.82) is 0 Å². The van der Waals surface area contributed by atoms with Crippen LogP contribution in [0.4, 0.5) is 0 Å². The molecule has 2 aliphatic carbocycles. The average Bonchev–Trinajstić information content (AvgIpc) is 2.92. The lowest BCUT2D eigenvalue weighted by atomic mass is 9.67. The molecule has 0 aromatic rings. The zero-order valence-electron chi connectivity index (χ0n) is 10.7. The van der Waals surface area contributed by atoms with Gasteiger partial charge in [0.05, 0.1) is 0 Å². The number of likely N-dealkylation sites (tertiary alicyclic amines) is 1. The summed E-state index contributed by atoms with van der Waals surface area (Å²) >= 11 is 0. The third-order valence-electron chi connectivity index (χ3n) is 5.04. The highest BCUT2D eigenvalue weighted by Gasteiger charge is 2.38. The molecule has 3 rings (SSSR count). The molecule has 0 aromatic carbocycles. The predicted octanol–water partition coefficient (Wildman–Crippen LogP) is 2.39. The first-order chi connectivity index (χ1) is 7.80. The van der Waals surface area contributed by atoms with E-state index in [1.807, 2.05) is 0 Å². The lowest BCUT2D eigenvalue weighted by molar-refractivity contribution is 0.0722. The average molecular weight is 222 g/mol. The highest BCUT2D eigenvalue weighted by Crippen LogP contribution is 2.44. The standard InChI is InChI=1S/C14H26N2/c1-2-14(7-3-8-14)11-16-9-6-13(10-16)15-12-4-5-12/h12-13,15H,2-11H2,1H3. The third-order valence-corrected chi connectivity index (χ3v) is 5.04. The first-order valence-electron chi connectivity index (χ1n) is 7.28. The van der Waals surface area contributed by atoms with Crippen molar-refractivity contribution in [3.05, 3.63) is 0 Å². The molecule has 1 saturated heterocycles. The maximum Gasteiger partial charge on any atom is 0.0209 e. The molecule has 1 aliphatic heterocycles. The van der Waals surface area contributed by atoms with Gasteiger partial charge in [0.15, 0.2) is 0 Å². The molecule has 0 aromatic heterocycles. The summed E-state index contributed by atoms with van der Waals surface area (Å²) in [5.41, 5.74) is 0.717. The van der Waals surface area contributed by atoms with E-state index in [-0.39, 0.29) is 0 Å². The molecular formula is C14H26N2. The van der Waals surface area contributed by atoms with Crippen molar-refractivity contribution >= 4 is 0 Å². The molecule has 2 heteroatoms. The molecule has 1 N–H and O–H groups in total. The molecule has 92 valence electrons. The number of hydrogen-bond acceptors (Lipinski definition) is 2. The summed E-state index contributed by atoms with van der Waals surface area (Å²) in [5, 5.41) is 3.78. The molecule has 0 spiro atoms. The highest BCUT2D eigenvalue weighted by atomic mass is 15.2. The van der Waals surface area contributed by atoms with Crippen molar-refractivity contribution in [2.75, 3.05) is 19.6 Å². The summed E-state index contributed by atoms with van der Waals surface area (Å²) in [6.07, 6.45) is 10.1. The van der Waals surface area contributed by atoms with E-state index in [9.17, 15) is 0 Å². The quantitative estimate of drug-likeness (QED) is 0.768. The Labute approximate surface area is 99.8 Å². The van der Waals surface area contributed by atoms with E-state index in [2.05, 4.69) is 17.1 Å². The fraction of sp³-hybridized carbons (Fsp3) is 1.00. The molecule has 16 heavy (non-hydrogen) atoms. The smallest absolute Gasteiger partial charge is 0.0209 e. The van der Waals surface area contributed by atoms with Crippen molar-refractivity contribution in [2.24, 2.45) is 5.41 Å². The number of nitrogens with one attached hydrogen (secondary N) is 1. The second-order valence-corrected chi connectivity index (χ2v) is 6.37. The van der Waals surface area contributed by atoms with E-state index in [1.165, 1.54) is 64.6 Å². The minimum atomic E-state index is 0.717. The lowest BCUT2D eigenvalue weighted by Crippen LogP contribution is -2.42. The van der Waals surface area contributed by atoms with Crippen LogP contribution in [0.15, 0.2) is 0 Å². The van der Waals surface area contributed by atoms with Crippen molar-refractivity contribution in [3.63, 3.8) is 0 Å². The van der Waals surface area contributed by atoms with E-state index in [0.29, 0.717) is 5.41 Å². The van der Waals surface area contributed by atoms with Crippen LogP contribution in [0.25, 0.3) is 0 Å². The Kier molecular flexibility index (Phi) is 2.97. The van der Waals surface area contributed by atoms with Gasteiger partial charge in [0.2, 0.25) is 0 Å². The van der Waals surface area contributed by atoms with E-state index < -0.39 is 0 Å². The minimum absolute atomic E-state index is 0.717. The van der Waals surface area contributed by atoms with Crippen molar-refractivity contribution in [3.8, 4) is 0 Å². The molecule has 0 radical (unpaired) electrons. The van der Waals surface area contributed by atoms with Crippen molar-refractivity contribution in [2.45, 2.75) is 64.0 Å². The summed E-state index contributed by atoms with van der Waals surface area (Å²) in [6, 6.07) is 1.69. The molecule has 0 amide bonds. The molecule has 2 saturated carbocycles. The molecule has 1 atom stereocenters. The number of nitrogens with zero attached hydrogens (tertiary/aromatic N) is 1. The zero-order valence-corrected chi connectivity index (χ0v) is 10.7. The Morgan fingerprint density at radius 2 is 2.00 bits per heavy atom. The number of hydrogen-bond donors (Lipinski definition) is 1. The van der Waals surface area contributed by atoms with Gasteiger partial charge >= 0.3 is 0 Å². The van der Waals surface area contributed by atoms with E-state index in [0.717, 1.165) is 12.1 Å². The normalized spacial score (nSPS) is 33.9. The van der Waals surface area contributed by atoms with Gasteiger partial charge in [0.1, 0.15) is 0 Å². The van der Waals surface area contributed by atoms with Crippen LogP contribution in [-0.4, -0.2) is 36.6 Å². The van der Waals surface area contributed by atoms with Gasteiger partial charge in [-0.2, -0.15) is 0 Å². The van der Waals surface area contributed by atoms with Crippen molar-refractivity contribution < 1.29 is 0 Å². The zero-order chi connectivity index (χ0) is 11.0. The topological polar surface area (TPSA) is 15.3 Å². The van der Waals surface area contributed by atoms with Crippen LogP contribution in [0, 0.1) is 5.41 Å². The van der Waals surface area contributed by atoms with Gasteiger partial charge < -0.3 is 10.2 Å². The SMILES string of the molecule is CCC1(CN2CCC(NC3CC3)C2)CCC1. The fourth-order valence-corrected chi connectivity index (χ4v) is 3.47. The summed E-state index contributed by atoms with van der Waals surface area (Å²) in [7, 11) is 0. The Balaban J connectivity index is 1.45. The minimum Gasteiger partial charge on any atom is -0.310 e. The van der Waals surface area contributed by atoms with Gasteiger partial charge in [0.25, 0.3) is 0 Å². The van der Waals surface area contributed by atoms with Gasteiger partial charge in [0, 0.05) is 25.2 Å². The highest BCUT2D eigenvalue weighted by molar-refractivity contribution is 4.94. The van der Waals surface area contributed by atoms with Gasteiger partial charge in [-0.1, -0.05) is 13.3 Å². The van der Waals surface area contributed by atoms with Crippen LogP contribution in [0.5, 0.6) is 0 Å². The monoisotopic (exact) mass is 222 g/mol.